The molecule has 1 aromatic carbocycles. The van der Waals surface area contributed by atoms with Crippen LogP contribution in [0, 0.1) is 0 Å². The minimum Gasteiger partial charge on any atom is -0.493 e. The van der Waals surface area contributed by atoms with Crippen molar-refractivity contribution in [1.29, 1.82) is 0 Å². The van der Waals surface area contributed by atoms with Crippen molar-refractivity contribution < 1.29 is 23.8 Å². The molecule has 1 aliphatic rings. The molecule has 0 unspecified atom stereocenters. The van der Waals surface area contributed by atoms with Crippen molar-refractivity contribution in [2.24, 2.45) is 0 Å². The predicted molar refractivity (Wildman–Crippen MR) is 108 cm³/mol. The second-order valence-corrected chi connectivity index (χ2v) is 7.06. The summed E-state index contributed by atoms with van der Waals surface area (Å²) < 4.78 is 16.1. The summed E-state index contributed by atoms with van der Waals surface area (Å²) in [5.41, 5.74) is 0.601. The van der Waals surface area contributed by atoms with Crippen LogP contribution in [0.1, 0.15) is 51.9 Å². The zero-order valence-electron chi connectivity index (χ0n) is 17.4. The fraction of sp³-hybridized carbons (Fsp3) is 0.619. The summed E-state index contributed by atoms with van der Waals surface area (Å²) in [6.45, 7) is 1.76. The number of rotatable bonds is 8. The molecule has 0 atom stereocenters. The van der Waals surface area contributed by atoms with Gasteiger partial charge in [-0.1, -0.05) is 25.7 Å². The molecular weight excluding hydrogens is 360 g/mol. The summed E-state index contributed by atoms with van der Waals surface area (Å²) in [5, 5.41) is 3.12. The van der Waals surface area contributed by atoms with Gasteiger partial charge >= 0.3 is 0 Å². The van der Waals surface area contributed by atoms with E-state index in [1.54, 1.807) is 17.0 Å². The number of carbonyl (C=O) groups excluding carboxylic acids is 2. The Morgan fingerprint density at radius 2 is 1.57 bits per heavy atom. The lowest BCUT2D eigenvalue weighted by molar-refractivity contribution is -0.121. The molecule has 1 aromatic rings. The van der Waals surface area contributed by atoms with E-state index in [2.05, 4.69) is 5.32 Å². The molecular formula is C21H32N2O5. The maximum atomic E-state index is 12.4. The second-order valence-electron chi connectivity index (χ2n) is 7.06. The van der Waals surface area contributed by atoms with Gasteiger partial charge in [0.25, 0.3) is 0 Å². The zero-order valence-corrected chi connectivity index (χ0v) is 17.4. The standard InChI is InChI=1S/C21H32N2O5/c1-15(24)23(12-11-20(25)22-16-9-7-5-6-8-10-16)17-13-18(26-2)21(28-4)19(14-17)27-3/h13-14,16H,5-12H2,1-4H3,(H,22,25). The normalized spacial score (nSPS) is 14.7. The highest BCUT2D eigenvalue weighted by Gasteiger charge is 2.21. The van der Waals surface area contributed by atoms with E-state index in [0.29, 0.717) is 22.9 Å². The first-order valence-corrected chi connectivity index (χ1v) is 9.87. The molecule has 0 aromatic heterocycles. The number of nitrogens with zero attached hydrogens (tertiary/aromatic N) is 1. The van der Waals surface area contributed by atoms with E-state index in [9.17, 15) is 9.59 Å². The molecule has 0 aliphatic heterocycles. The van der Waals surface area contributed by atoms with Crippen molar-refractivity contribution in [1.82, 2.24) is 5.32 Å². The van der Waals surface area contributed by atoms with Crippen LogP contribution < -0.4 is 24.4 Å². The molecule has 7 heteroatoms. The van der Waals surface area contributed by atoms with Gasteiger partial charge in [0.05, 0.1) is 27.0 Å². The Morgan fingerprint density at radius 3 is 2.04 bits per heavy atom. The van der Waals surface area contributed by atoms with Crippen molar-refractivity contribution in [2.45, 2.75) is 57.9 Å². The van der Waals surface area contributed by atoms with Gasteiger partial charge in [-0.25, -0.2) is 0 Å². The monoisotopic (exact) mass is 392 g/mol. The number of amides is 2. The average Bonchev–Trinajstić information content (AvgIpc) is 2.95. The molecule has 0 spiro atoms. The summed E-state index contributed by atoms with van der Waals surface area (Å²) in [4.78, 5) is 26.2. The van der Waals surface area contributed by atoms with Crippen LogP contribution in [0.3, 0.4) is 0 Å². The van der Waals surface area contributed by atoms with Gasteiger partial charge in [-0.15, -0.1) is 0 Å². The number of hydrogen-bond acceptors (Lipinski definition) is 5. The number of anilines is 1. The third kappa shape index (κ3) is 5.78. The third-order valence-corrected chi connectivity index (χ3v) is 5.12. The quantitative estimate of drug-likeness (QED) is 0.687. The van der Waals surface area contributed by atoms with E-state index in [4.69, 9.17) is 14.2 Å². The topological polar surface area (TPSA) is 77.1 Å². The molecule has 7 nitrogen and oxygen atoms in total. The van der Waals surface area contributed by atoms with Crippen molar-refractivity contribution >= 4 is 17.5 Å². The maximum Gasteiger partial charge on any atom is 0.223 e. The average molecular weight is 392 g/mol. The van der Waals surface area contributed by atoms with Gasteiger partial charge in [0, 0.05) is 38.1 Å². The van der Waals surface area contributed by atoms with Gasteiger partial charge in [-0.05, 0) is 12.8 Å². The number of carbonyl (C=O) groups is 2. The van der Waals surface area contributed by atoms with Crippen LogP contribution >= 0.6 is 0 Å². The van der Waals surface area contributed by atoms with E-state index in [1.165, 1.54) is 41.1 Å². The van der Waals surface area contributed by atoms with E-state index in [-0.39, 0.29) is 30.8 Å². The van der Waals surface area contributed by atoms with E-state index in [1.807, 2.05) is 0 Å². The summed E-state index contributed by atoms with van der Waals surface area (Å²) in [7, 11) is 4.58. The second kappa shape index (κ2) is 10.8. The lowest BCUT2D eigenvalue weighted by Crippen LogP contribution is -2.38. The fourth-order valence-electron chi connectivity index (χ4n) is 3.63. The van der Waals surface area contributed by atoms with Gasteiger partial charge in [0.2, 0.25) is 17.6 Å². The Kier molecular flexibility index (Phi) is 8.42. The van der Waals surface area contributed by atoms with Gasteiger partial charge < -0.3 is 24.4 Å². The molecule has 0 radical (unpaired) electrons. The van der Waals surface area contributed by atoms with Crippen LogP contribution in [-0.2, 0) is 9.59 Å². The minimum atomic E-state index is -0.156. The summed E-state index contributed by atoms with van der Waals surface area (Å²) in [5.74, 6) is 1.21. The van der Waals surface area contributed by atoms with E-state index >= 15 is 0 Å². The highest BCUT2D eigenvalue weighted by atomic mass is 16.5. The van der Waals surface area contributed by atoms with E-state index < -0.39 is 0 Å². The molecule has 156 valence electrons. The third-order valence-electron chi connectivity index (χ3n) is 5.12. The highest BCUT2D eigenvalue weighted by Crippen LogP contribution is 2.41. The van der Waals surface area contributed by atoms with Crippen LogP contribution in [-0.4, -0.2) is 45.7 Å². The van der Waals surface area contributed by atoms with Crippen molar-refractivity contribution in [3.63, 3.8) is 0 Å². The van der Waals surface area contributed by atoms with Crippen LogP contribution in [0.5, 0.6) is 17.2 Å². The molecule has 2 amide bonds. The van der Waals surface area contributed by atoms with Gasteiger partial charge in [0.15, 0.2) is 11.5 Å². The first-order chi connectivity index (χ1) is 13.5. The first kappa shape index (κ1) is 21.9. The Balaban J connectivity index is 2.08. The number of ether oxygens (including phenoxy) is 3. The van der Waals surface area contributed by atoms with Crippen molar-refractivity contribution in [2.75, 3.05) is 32.8 Å². The van der Waals surface area contributed by atoms with Crippen LogP contribution in [0.15, 0.2) is 12.1 Å². The predicted octanol–water partition coefficient (Wildman–Crippen LogP) is 3.29. The fourth-order valence-corrected chi connectivity index (χ4v) is 3.63. The number of nitrogens with one attached hydrogen (secondary N) is 1. The zero-order chi connectivity index (χ0) is 20.5. The van der Waals surface area contributed by atoms with Crippen molar-refractivity contribution in [3.8, 4) is 17.2 Å². The highest BCUT2D eigenvalue weighted by molar-refractivity contribution is 5.93. The summed E-state index contributed by atoms with van der Waals surface area (Å²) in [6.07, 6.45) is 7.12. The molecule has 0 saturated heterocycles. The molecule has 1 N–H and O–H groups in total. The smallest absolute Gasteiger partial charge is 0.223 e. The molecule has 1 aliphatic carbocycles. The van der Waals surface area contributed by atoms with Crippen LogP contribution in [0.25, 0.3) is 0 Å². The SMILES string of the molecule is COc1cc(N(CCC(=O)NC2CCCCCC2)C(C)=O)cc(OC)c1OC. The van der Waals surface area contributed by atoms with Crippen molar-refractivity contribution in [3.05, 3.63) is 12.1 Å². The summed E-state index contributed by atoms with van der Waals surface area (Å²) in [6, 6.07) is 3.68. The largest absolute Gasteiger partial charge is 0.493 e. The van der Waals surface area contributed by atoms with Gasteiger partial charge in [-0.2, -0.15) is 0 Å². The Hall–Kier alpha value is -2.44. The Bertz CT molecular complexity index is 644. The molecule has 2 rings (SSSR count). The molecule has 0 heterocycles. The van der Waals surface area contributed by atoms with Crippen LogP contribution in [0.2, 0.25) is 0 Å². The Labute approximate surface area is 167 Å². The number of benzene rings is 1. The maximum absolute atomic E-state index is 12.4. The van der Waals surface area contributed by atoms with Crippen LogP contribution in [0.4, 0.5) is 5.69 Å². The summed E-state index contributed by atoms with van der Waals surface area (Å²) >= 11 is 0. The molecule has 1 fully saturated rings. The number of methoxy groups -OCH3 is 3. The molecule has 1 saturated carbocycles. The lowest BCUT2D eigenvalue weighted by atomic mass is 10.1. The minimum absolute atomic E-state index is 0.0226. The lowest BCUT2D eigenvalue weighted by Gasteiger charge is -2.24. The Morgan fingerprint density at radius 1 is 1.00 bits per heavy atom. The molecule has 28 heavy (non-hydrogen) atoms. The van der Waals surface area contributed by atoms with Gasteiger partial charge in [-0.3, -0.25) is 9.59 Å². The molecule has 0 bridgehead atoms. The first-order valence-electron chi connectivity index (χ1n) is 9.87. The van der Waals surface area contributed by atoms with E-state index in [0.717, 1.165) is 25.7 Å². The number of hydrogen-bond donors (Lipinski definition) is 1. The van der Waals surface area contributed by atoms with Gasteiger partial charge in [0.1, 0.15) is 0 Å².